The Bertz CT molecular complexity index is 113. The fraction of sp³-hybridized carbons (Fsp3) is 0.769. The molecule has 0 aromatic heterocycles. The number of hydrogen-bond donors (Lipinski definition) is 0. The van der Waals surface area contributed by atoms with Gasteiger partial charge < -0.3 is 0 Å². The lowest BCUT2D eigenvalue weighted by Crippen LogP contribution is -1.94. The lowest BCUT2D eigenvalue weighted by Gasteiger charge is -2.09. The Labute approximate surface area is 84.4 Å². The summed E-state index contributed by atoms with van der Waals surface area (Å²) in [6.45, 7) is 8.33. The van der Waals surface area contributed by atoms with Crippen molar-refractivity contribution in [2.45, 2.75) is 58.8 Å². The molecule has 0 fully saturated rings. The number of allylic oxidation sites excluding steroid dienone is 2. The van der Waals surface area contributed by atoms with Crippen LogP contribution < -0.4 is 0 Å². The number of rotatable bonds is 8. The summed E-state index contributed by atoms with van der Waals surface area (Å²) in [5.41, 5.74) is 0. The van der Waals surface area contributed by atoms with E-state index in [1.54, 1.807) is 0 Å². The second-order valence-corrected chi connectivity index (χ2v) is 3.95. The van der Waals surface area contributed by atoms with Gasteiger partial charge in [-0.2, -0.15) is 0 Å². The van der Waals surface area contributed by atoms with Crippen molar-refractivity contribution in [1.29, 1.82) is 0 Å². The van der Waals surface area contributed by atoms with Crippen molar-refractivity contribution in [3.8, 4) is 0 Å². The minimum Gasteiger partial charge on any atom is -0.0917 e. The van der Waals surface area contributed by atoms with Crippen LogP contribution in [-0.2, 0) is 0 Å². The zero-order valence-electron chi connectivity index (χ0n) is 9.39. The fourth-order valence-corrected chi connectivity index (χ4v) is 1.56. The van der Waals surface area contributed by atoms with Gasteiger partial charge in [0.2, 0.25) is 0 Å². The van der Waals surface area contributed by atoms with Gasteiger partial charge in [-0.1, -0.05) is 58.1 Å². The van der Waals surface area contributed by atoms with E-state index in [9.17, 15) is 0 Å². The van der Waals surface area contributed by atoms with E-state index >= 15 is 0 Å². The lowest BCUT2D eigenvalue weighted by atomic mass is 9.97. The molecule has 0 heterocycles. The fourth-order valence-electron chi connectivity index (χ4n) is 1.56. The van der Waals surface area contributed by atoms with Gasteiger partial charge >= 0.3 is 0 Å². The first-order valence-electron chi connectivity index (χ1n) is 5.71. The average molecular weight is 181 g/mol. The van der Waals surface area contributed by atoms with Crippen molar-refractivity contribution in [1.82, 2.24) is 0 Å². The summed E-state index contributed by atoms with van der Waals surface area (Å²) >= 11 is 0. The maximum Gasteiger partial charge on any atom is -0.0351 e. The SMILES string of the molecule is [CH2]CCCC(C)CCCC/C=C/C. The predicted molar refractivity (Wildman–Crippen MR) is 61.7 cm³/mol. The third kappa shape index (κ3) is 9.66. The zero-order chi connectivity index (χ0) is 9.94. The average Bonchev–Trinajstić information content (AvgIpc) is 2.14. The molecule has 0 rings (SSSR count). The highest BCUT2D eigenvalue weighted by atomic mass is 14.1. The Hall–Kier alpha value is -0.260. The summed E-state index contributed by atoms with van der Waals surface area (Å²) in [5.74, 6) is 0.910. The van der Waals surface area contributed by atoms with Gasteiger partial charge in [-0.15, -0.1) is 0 Å². The third-order valence-corrected chi connectivity index (χ3v) is 2.50. The molecule has 0 aromatic carbocycles. The van der Waals surface area contributed by atoms with Gasteiger partial charge in [0, 0.05) is 0 Å². The molecule has 0 aliphatic rings. The third-order valence-electron chi connectivity index (χ3n) is 2.50. The molecule has 0 spiro atoms. The molecule has 1 radical (unpaired) electrons. The minimum atomic E-state index is 0.910. The van der Waals surface area contributed by atoms with Crippen LogP contribution >= 0.6 is 0 Å². The van der Waals surface area contributed by atoms with Crippen LogP contribution in [0, 0.1) is 12.8 Å². The molecule has 0 aliphatic heterocycles. The molecule has 1 unspecified atom stereocenters. The molecule has 1 atom stereocenters. The van der Waals surface area contributed by atoms with Crippen molar-refractivity contribution in [2.75, 3.05) is 0 Å². The van der Waals surface area contributed by atoms with Crippen molar-refractivity contribution in [3.05, 3.63) is 19.1 Å². The highest BCUT2D eigenvalue weighted by molar-refractivity contribution is 4.76. The topological polar surface area (TPSA) is 0 Å². The van der Waals surface area contributed by atoms with Crippen LogP contribution in [0.4, 0.5) is 0 Å². The normalized spacial score (nSPS) is 13.8. The maximum atomic E-state index is 3.87. The quantitative estimate of drug-likeness (QED) is 0.374. The predicted octanol–water partition coefficient (Wildman–Crippen LogP) is 4.76. The van der Waals surface area contributed by atoms with Crippen molar-refractivity contribution < 1.29 is 0 Å². The van der Waals surface area contributed by atoms with E-state index in [1.807, 2.05) is 0 Å². The largest absolute Gasteiger partial charge is 0.0917 e. The summed E-state index contributed by atoms with van der Waals surface area (Å²) in [4.78, 5) is 0. The summed E-state index contributed by atoms with van der Waals surface area (Å²) in [7, 11) is 0. The van der Waals surface area contributed by atoms with E-state index < -0.39 is 0 Å². The first kappa shape index (κ1) is 12.7. The summed E-state index contributed by atoms with van der Waals surface area (Å²) in [6.07, 6.45) is 13.6. The molecular formula is C13H25. The molecule has 0 heteroatoms. The standard InChI is InChI=1S/C13H25/c1-4-6-8-9-10-12-13(3)11-7-5-2/h4,6,13H,2,5,7-12H2,1,3H3/b6-4+. The number of unbranched alkanes of at least 4 members (excludes halogenated alkanes) is 3. The maximum absolute atomic E-state index is 3.87. The molecule has 0 bridgehead atoms. The highest BCUT2D eigenvalue weighted by Crippen LogP contribution is 2.15. The van der Waals surface area contributed by atoms with E-state index in [4.69, 9.17) is 0 Å². The smallest absolute Gasteiger partial charge is 0.0351 e. The molecule has 77 valence electrons. The molecule has 13 heavy (non-hydrogen) atoms. The van der Waals surface area contributed by atoms with Gasteiger partial charge in [-0.25, -0.2) is 0 Å². The first-order valence-corrected chi connectivity index (χ1v) is 5.71. The monoisotopic (exact) mass is 181 g/mol. The van der Waals surface area contributed by atoms with Gasteiger partial charge in [-0.3, -0.25) is 0 Å². The summed E-state index contributed by atoms with van der Waals surface area (Å²) in [5, 5.41) is 0. The van der Waals surface area contributed by atoms with Crippen LogP contribution in [0.15, 0.2) is 12.2 Å². The van der Waals surface area contributed by atoms with E-state index in [-0.39, 0.29) is 0 Å². The zero-order valence-corrected chi connectivity index (χ0v) is 9.39. The molecule has 0 saturated heterocycles. The van der Waals surface area contributed by atoms with E-state index in [0.29, 0.717) is 0 Å². The van der Waals surface area contributed by atoms with E-state index in [1.165, 1.54) is 38.5 Å². The number of hydrogen-bond acceptors (Lipinski definition) is 0. The van der Waals surface area contributed by atoms with E-state index in [0.717, 1.165) is 12.3 Å². The van der Waals surface area contributed by atoms with Crippen molar-refractivity contribution in [2.24, 2.45) is 5.92 Å². The van der Waals surface area contributed by atoms with Crippen molar-refractivity contribution >= 4 is 0 Å². The lowest BCUT2D eigenvalue weighted by molar-refractivity contribution is 0.454. The van der Waals surface area contributed by atoms with Crippen LogP contribution in [0.3, 0.4) is 0 Å². The molecule has 0 N–H and O–H groups in total. The second-order valence-electron chi connectivity index (χ2n) is 3.95. The summed E-state index contributed by atoms with van der Waals surface area (Å²) < 4.78 is 0. The van der Waals surface area contributed by atoms with Gasteiger partial charge in [0.25, 0.3) is 0 Å². The molecule has 0 aliphatic carbocycles. The van der Waals surface area contributed by atoms with Crippen LogP contribution in [0.2, 0.25) is 0 Å². The Morgan fingerprint density at radius 3 is 2.46 bits per heavy atom. The van der Waals surface area contributed by atoms with Crippen LogP contribution in [0.1, 0.15) is 58.8 Å². The first-order chi connectivity index (χ1) is 6.31. The Morgan fingerprint density at radius 1 is 1.15 bits per heavy atom. The highest BCUT2D eigenvalue weighted by Gasteiger charge is 1.99. The van der Waals surface area contributed by atoms with Gasteiger partial charge in [-0.05, 0) is 25.7 Å². The minimum absolute atomic E-state index is 0.910. The van der Waals surface area contributed by atoms with Crippen LogP contribution in [-0.4, -0.2) is 0 Å². The molecule has 0 amide bonds. The Balaban J connectivity index is 3.11. The summed E-state index contributed by atoms with van der Waals surface area (Å²) in [6, 6.07) is 0. The van der Waals surface area contributed by atoms with Crippen LogP contribution in [0.5, 0.6) is 0 Å². The molecule has 0 nitrogen and oxygen atoms in total. The molecule has 0 aromatic rings. The van der Waals surface area contributed by atoms with E-state index in [2.05, 4.69) is 32.9 Å². The van der Waals surface area contributed by atoms with Crippen LogP contribution in [0.25, 0.3) is 0 Å². The molecule has 0 saturated carbocycles. The molecular weight excluding hydrogens is 156 g/mol. The van der Waals surface area contributed by atoms with Gasteiger partial charge in [0.1, 0.15) is 0 Å². The van der Waals surface area contributed by atoms with Gasteiger partial charge in [0.15, 0.2) is 0 Å². The van der Waals surface area contributed by atoms with Crippen molar-refractivity contribution in [3.63, 3.8) is 0 Å². The second kappa shape index (κ2) is 9.83. The Morgan fingerprint density at radius 2 is 1.85 bits per heavy atom. The Kier molecular flexibility index (Phi) is 9.63. The van der Waals surface area contributed by atoms with Gasteiger partial charge in [0.05, 0.1) is 0 Å².